The van der Waals surface area contributed by atoms with E-state index in [0.29, 0.717) is 0 Å². The van der Waals surface area contributed by atoms with Crippen LogP contribution in [0.3, 0.4) is 0 Å². The fourth-order valence-electron chi connectivity index (χ4n) is 2.72. The predicted octanol–water partition coefficient (Wildman–Crippen LogP) is 1.85. The molecule has 1 saturated heterocycles. The Morgan fingerprint density at radius 1 is 1.05 bits per heavy atom. The van der Waals surface area contributed by atoms with Crippen molar-refractivity contribution in [3.05, 3.63) is 24.3 Å². The summed E-state index contributed by atoms with van der Waals surface area (Å²) in [6, 6.07) is 8.69. The van der Waals surface area contributed by atoms with Crippen molar-refractivity contribution in [1.29, 1.82) is 0 Å². The number of piperazine rings is 1. The molecule has 0 aliphatic carbocycles. The third kappa shape index (κ3) is 4.39. The van der Waals surface area contributed by atoms with Gasteiger partial charge in [0.2, 0.25) is 0 Å². The summed E-state index contributed by atoms with van der Waals surface area (Å²) >= 11 is 0. The van der Waals surface area contributed by atoms with Gasteiger partial charge in [-0.3, -0.25) is 4.90 Å². The Balaban J connectivity index is 1.76. The van der Waals surface area contributed by atoms with Crippen molar-refractivity contribution in [3.63, 3.8) is 0 Å². The van der Waals surface area contributed by atoms with E-state index in [1.54, 1.807) is 0 Å². The number of benzene rings is 1. The fraction of sp³-hybridized carbons (Fsp3) is 0.625. The first-order valence-corrected chi connectivity index (χ1v) is 7.73. The van der Waals surface area contributed by atoms with Crippen LogP contribution in [-0.4, -0.2) is 58.3 Å². The number of hydrogen-bond donors (Lipinski definition) is 2. The quantitative estimate of drug-likeness (QED) is 0.744. The van der Waals surface area contributed by atoms with Gasteiger partial charge in [0.05, 0.1) is 0 Å². The molecule has 0 atom stereocenters. The molecule has 0 saturated carbocycles. The molecule has 0 bridgehead atoms. The van der Waals surface area contributed by atoms with Crippen molar-refractivity contribution in [1.82, 2.24) is 10.2 Å². The molecule has 2 rings (SSSR count). The van der Waals surface area contributed by atoms with Crippen LogP contribution in [0.5, 0.6) is 0 Å². The summed E-state index contributed by atoms with van der Waals surface area (Å²) < 4.78 is 0. The predicted molar refractivity (Wildman–Crippen MR) is 87.8 cm³/mol. The number of anilines is 2. The molecule has 1 aromatic rings. The van der Waals surface area contributed by atoms with Crippen molar-refractivity contribution in [2.45, 2.75) is 12.8 Å². The monoisotopic (exact) mass is 276 g/mol. The van der Waals surface area contributed by atoms with Crippen LogP contribution in [0.25, 0.3) is 0 Å². The van der Waals surface area contributed by atoms with Crippen molar-refractivity contribution in [3.8, 4) is 0 Å². The molecule has 0 radical (unpaired) electrons. The van der Waals surface area contributed by atoms with E-state index in [1.807, 2.05) is 14.1 Å². The van der Waals surface area contributed by atoms with Gasteiger partial charge < -0.3 is 15.5 Å². The van der Waals surface area contributed by atoms with E-state index < -0.39 is 0 Å². The van der Waals surface area contributed by atoms with E-state index in [0.717, 1.165) is 19.6 Å². The summed E-state index contributed by atoms with van der Waals surface area (Å²) in [4.78, 5) is 5.08. The second-order valence-electron chi connectivity index (χ2n) is 5.44. The average molecular weight is 276 g/mol. The molecule has 0 amide bonds. The number of nitrogens with zero attached hydrogens (tertiary/aromatic N) is 2. The third-order valence-electron chi connectivity index (χ3n) is 4.02. The molecule has 20 heavy (non-hydrogen) atoms. The highest BCUT2D eigenvalue weighted by Crippen LogP contribution is 2.20. The van der Waals surface area contributed by atoms with Crippen LogP contribution in [0.15, 0.2) is 24.3 Å². The van der Waals surface area contributed by atoms with Crippen molar-refractivity contribution in [2.75, 3.05) is 63.6 Å². The molecule has 4 nitrogen and oxygen atoms in total. The Hall–Kier alpha value is -1.26. The smallest absolute Gasteiger partial charge is 0.0387 e. The van der Waals surface area contributed by atoms with Crippen LogP contribution >= 0.6 is 0 Å². The SMILES string of the molecule is CNCCCCN1CCN(c2cccc(NC)c2)CC1. The third-order valence-corrected chi connectivity index (χ3v) is 4.02. The summed E-state index contributed by atoms with van der Waals surface area (Å²) in [5, 5.41) is 6.42. The van der Waals surface area contributed by atoms with E-state index >= 15 is 0 Å². The number of unbranched alkanes of at least 4 members (excludes halogenated alkanes) is 1. The van der Waals surface area contributed by atoms with E-state index in [2.05, 4.69) is 44.7 Å². The lowest BCUT2D eigenvalue weighted by molar-refractivity contribution is 0.253. The first-order chi connectivity index (χ1) is 9.83. The number of hydrogen-bond acceptors (Lipinski definition) is 4. The topological polar surface area (TPSA) is 30.5 Å². The molecule has 1 heterocycles. The zero-order valence-electron chi connectivity index (χ0n) is 12.9. The maximum absolute atomic E-state index is 3.21. The van der Waals surface area contributed by atoms with Crippen LogP contribution in [0.2, 0.25) is 0 Å². The number of nitrogens with one attached hydrogen (secondary N) is 2. The second kappa shape index (κ2) is 8.12. The standard InChI is InChI=1S/C16H28N4/c1-17-8-3-4-9-19-10-12-20(13-11-19)16-7-5-6-15(14-16)18-2/h5-7,14,17-18H,3-4,8-13H2,1-2H3. The van der Waals surface area contributed by atoms with Gasteiger partial charge in [0.15, 0.2) is 0 Å². The molecule has 1 aliphatic heterocycles. The largest absolute Gasteiger partial charge is 0.388 e. The maximum atomic E-state index is 3.21. The summed E-state index contributed by atoms with van der Waals surface area (Å²) in [5.74, 6) is 0. The molecule has 1 aliphatic rings. The molecule has 1 fully saturated rings. The highest BCUT2D eigenvalue weighted by Gasteiger charge is 2.16. The van der Waals surface area contributed by atoms with E-state index in [-0.39, 0.29) is 0 Å². The van der Waals surface area contributed by atoms with Gasteiger partial charge in [-0.05, 0) is 51.2 Å². The average Bonchev–Trinajstić information content (AvgIpc) is 2.52. The fourth-order valence-corrected chi connectivity index (χ4v) is 2.72. The zero-order valence-corrected chi connectivity index (χ0v) is 12.9. The summed E-state index contributed by atoms with van der Waals surface area (Å²) in [6.45, 7) is 7.02. The van der Waals surface area contributed by atoms with Crippen LogP contribution < -0.4 is 15.5 Å². The highest BCUT2D eigenvalue weighted by molar-refractivity contribution is 5.58. The molecule has 4 heteroatoms. The van der Waals surface area contributed by atoms with Gasteiger partial charge in [-0.25, -0.2) is 0 Å². The second-order valence-corrected chi connectivity index (χ2v) is 5.44. The summed E-state index contributed by atoms with van der Waals surface area (Å²) in [5.41, 5.74) is 2.53. The molecular formula is C16H28N4. The van der Waals surface area contributed by atoms with Gasteiger partial charge in [-0.1, -0.05) is 6.07 Å². The van der Waals surface area contributed by atoms with Crippen LogP contribution in [-0.2, 0) is 0 Å². The molecule has 0 unspecified atom stereocenters. The van der Waals surface area contributed by atoms with Crippen LogP contribution in [0.1, 0.15) is 12.8 Å². The minimum atomic E-state index is 1.14. The lowest BCUT2D eigenvalue weighted by Gasteiger charge is -2.36. The lowest BCUT2D eigenvalue weighted by atomic mass is 10.2. The minimum Gasteiger partial charge on any atom is -0.388 e. The lowest BCUT2D eigenvalue weighted by Crippen LogP contribution is -2.46. The van der Waals surface area contributed by atoms with E-state index in [1.165, 1.54) is 43.9 Å². The van der Waals surface area contributed by atoms with E-state index in [9.17, 15) is 0 Å². The number of rotatable bonds is 7. The first kappa shape index (κ1) is 15.1. The Morgan fingerprint density at radius 3 is 2.55 bits per heavy atom. The molecule has 0 aromatic heterocycles. The Labute approximate surface area is 123 Å². The Bertz CT molecular complexity index is 386. The van der Waals surface area contributed by atoms with Gasteiger partial charge in [0.25, 0.3) is 0 Å². The van der Waals surface area contributed by atoms with Gasteiger partial charge in [0, 0.05) is 44.6 Å². The van der Waals surface area contributed by atoms with Gasteiger partial charge in [-0.15, -0.1) is 0 Å². The van der Waals surface area contributed by atoms with Crippen LogP contribution in [0.4, 0.5) is 11.4 Å². The molecule has 1 aromatic carbocycles. The van der Waals surface area contributed by atoms with Crippen molar-refractivity contribution >= 4 is 11.4 Å². The zero-order chi connectivity index (χ0) is 14.2. The van der Waals surface area contributed by atoms with Gasteiger partial charge in [0.1, 0.15) is 0 Å². The van der Waals surface area contributed by atoms with Gasteiger partial charge in [-0.2, -0.15) is 0 Å². The molecule has 0 spiro atoms. The Kier molecular flexibility index (Phi) is 6.15. The van der Waals surface area contributed by atoms with Crippen LogP contribution in [0, 0.1) is 0 Å². The van der Waals surface area contributed by atoms with Crippen molar-refractivity contribution < 1.29 is 0 Å². The highest BCUT2D eigenvalue weighted by atomic mass is 15.3. The first-order valence-electron chi connectivity index (χ1n) is 7.73. The summed E-state index contributed by atoms with van der Waals surface area (Å²) in [6.07, 6.45) is 2.58. The maximum Gasteiger partial charge on any atom is 0.0387 e. The molecule has 2 N–H and O–H groups in total. The van der Waals surface area contributed by atoms with Gasteiger partial charge >= 0.3 is 0 Å². The summed E-state index contributed by atoms with van der Waals surface area (Å²) in [7, 11) is 4.00. The normalized spacial score (nSPS) is 16.4. The molecular weight excluding hydrogens is 248 g/mol. The Morgan fingerprint density at radius 2 is 1.85 bits per heavy atom. The van der Waals surface area contributed by atoms with E-state index in [4.69, 9.17) is 0 Å². The minimum absolute atomic E-state index is 1.14. The molecule has 112 valence electrons. The van der Waals surface area contributed by atoms with Crippen molar-refractivity contribution in [2.24, 2.45) is 0 Å².